The molecule has 1 atom stereocenters. The van der Waals surface area contributed by atoms with Gasteiger partial charge in [0.25, 0.3) is 0 Å². The zero-order valence-corrected chi connectivity index (χ0v) is 13.6. The van der Waals surface area contributed by atoms with Crippen molar-refractivity contribution in [3.05, 3.63) is 21.0 Å². The van der Waals surface area contributed by atoms with Crippen LogP contribution in [0.1, 0.15) is 33.0 Å². The van der Waals surface area contributed by atoms with Gasteiger partial charge in [0.2, 0.25) is 0 Å². The first kappa shape index (κ1) is 15.2. The SMILES string of the molecule is CC(C)(C)C(CCO)NCc1cc(Br)c(Br)o1. The molecular formula is C12H19Br2NO2. The largest absolute Gasteiger partial charge is 0.452 e. The third-order valence-electron chi connectivity index (χ3n) is 2.68. The molecule has 0 amide bonds. The Hall–Kier alpha value is 0.160. The van der Waals surface area contributed by atoms with E-state index in [2.05, 4.69) is 57.9 Å². The molecule has 2 N–H and O–H groups in total. The number of hydrogen-bond donors (Lipinski definition) is 2. The maximum atomic E-state index is 9.07. The van der Waals surface area contributed by atoms with Crippen molar-refractivity contribution in [1.82, 2.24) is 5.32 Å². The zero-order valence-electron chi connectivity index (χ0n) is 10.4. The molecule has 0 saturated carbocycles. The van der Waals surface area contributed by atoms with Crippen LogP contribution in [0, 0.1) is 5.41 Å². The summed E-state index contributed by atoms with van der Waals surface area (Å²) < 4.78 is 7.13. The number of hydrogen-bond acceptors (Lipinski definition) is 3. The predicted molar refractivity (Wildman–Crippen MR) is 75.9 cm³/mol. The summed E-state index contributed by atoms with van der Waals surface area (Å²) in [6.45, 7) is 7.34. The molecule has 98 valence electrons. The minimum atomic E-state index is 0.115. The topological polar surface area (TPSA) is 45.4 Å². The number of aliphatic hydroxyl groups excluding tert-OH is 1. The standard InChI is InChI=1S/C12H19Br2NO2/c1-12(2,3)10(4-5-16)15-7-8-6-9(13)11(14)17-8/h6,10,15-16H,4-5,7H2,1-3H3. The molecule has 1 aromatic rings. The lowest BCUT2D eigenvalue weighted by Gasteiger charge is -2.31. The van der Waals surface area contributed by atoms with Crippen LogP contribution >= 0.6 is 31.9 Å². The van der Waals surface area contributed by atoms with E-state index in [1.54, 1.807) is 0 Å². The Morgan fingerprint density at radius 1 is 1.41 bits per heavy atom. The van der Waals surface area contributed by atoms with Gasteiger partial charge < -0.3 is 14.8 Å². The van der Waals surface area contributed by atoms with Crippen molar-refractivity contribution in [2.75, 3.05) is 6.61 Å². The molecule has 1 aromatic heterocycles. The molecule has 0 fully saturated rings. The summed E-state index contributed by atoms with van der Waals surface area (Å²) in [6.07, 6.45) is 0.743. The van der Waals surface area contributed by atoms with Gasteiger partial charge in [-0.2, -0.15) is 0 Å². The van der Waals surface area contributed by atoms with Crippen molar-refractivity contribution < 1.29 is 9.52 Å². The minimum absolute atomic E-state index is 0.115. The lowest BCUT2D eigenvalue weighted by atomic mass is 9.85. The van der Waals surface area contributed by atoms with E-state index in [1.807, 2.05) is 6.07 Å². The Bertz CT molecular complexity index is 338. The van der Waals surface area contributed by atoms with Gasteiger partial charge in [0, 0.05) is 12.6 Å². The van der Waals surface area contributed by atoms with Crippen LogP contribution in [0.15, 0.2) is 19.6 Å². The van der Waals surface area contributed by atoms with Gasteiger partial charge in [-0.25, -0.2) is 0 Å². The summed E-state index contributed by atoms with van der Waals surface area (Å²) >= 11 is 6.70. The Kier molecular flexibility index (Phi) is 5.70. The summed E-state index contributed by atoms with van der Waals surface area (Å²) in [6, 6.07) is 2.20. The lowest BCUT2D eigenvalue weighted by molar-refractivity contribution is 0.193. The molecule has 0 spiro atoms. The van der Waals surface area contributed by atoms with E-state index in [4.69, 9.17) is 9.52 Å². The maximum Gasteiger partial charge on any atom is 0.183 e. The highest BCUT2D eigenvalue weighted by molar-refractivity contribution is 9.13. The van der Waals surface area contributed by atoms with Gasteiger partial charge in [-0.3, -0.25) is 0 Å². The van der Waals surface area contributed by atoms with E-state index in [-0.39, 0.29) is 18.1 Å². The second-order valence-electron chi connectivity index (χ2n) is 5.15. The van der Waals surface area contributed by atoms with Crippen LogP contribution in [0.4, 0.5) is 0 Å². The molecule has 0 aromatic carbocycles. The lowest BCUT2D eigenvalue weighted by Crippen LogP contribution is -2.40. The van der Waals surface area contributed by atoms with E-state index in [0.29, 0.717) is 11.2 Å². The van der Waals surface area contributed by atoms with Crippen LogP contribution in [0.25, 0.3) is 0 Å². The van der Waals surface area contributed by atoms with Crippen molar-refractivity contribution in [3.8, 4) is 0 Å². The highest BCUT2D eigenvalue weighted by atomic mass is 79.9. The Labute approximate surface area is 119 Å². The number of halogens is 2. The second kappa shape index (κ2) is 6.36. The highest BCUT2D eigenvalue weighted by Gasteiger charge is 2.23. The first-order valence-electron chi connectivity index (χ1n) is 5.62. The average Bonchev–Trinajstić information content (AvgIpc) is 2.51. The highest BCUT2D eigenvalue weighted by Crippen LogP contribution is 2.27. The molecule has 0 aliphatic heterocycles. The van der Waals surface area contributed by atoms with Gasteiger partial charge >= 0.3 is 0 Å². The Morgan fingerprint density at radius 3 is 2.47 bits per heavy atom. The summed E-state index contributed by atoms with van der Waals surface area (Å²) in [5, 5.41) is 12.5. The molecule has 1 rings (SSSR count). The minimum Gasteiger partial charge on any atom is -0.452 e. The van der Waals surface area contributed by atoms with Crippen LogP contribution in [0.5, 0.6) is 0 Å². The van der Waals surface area contributed by atoms with E-state index < -0.39 is 0 Å². The fourth-order valence-corrected chi connectivity index (χ4v) is 2.33. The first-order chi connectivity index (χ1) is 7.84. The van der Waals surface area contributed by atoms with Crippen molar-refractivity contribution in [2.45, 2.75) is 39.8 Å². The molecule has 0 radical (unpaired) electrons. The normalized spacial score (nSPS) is 14.0. The molecule has 17 heavy (non-hydrogen) atoms. The van der Waals surface area contributed by atoms with Crippen molar-refractivity contribution in [1.29, 1.82) is 0 Å². The molecule has 0 bridgehead atoms. The average molecular weight is 369 g/mol. The molecule has 0 aliphatic rings. The van der Waals surface area contributed by atoms with Gasteiger partial charge in [0.1, 0.15) is 5.76 Å². The Balaban J connectivity index is 2.57. The summed E-state index contributed by atoms with van der Waals surface area (Å²) in [5.41, 5.74) is 0.115. The monoisotopic (exact) mass is 367 g/mol. The van der Waals surface area contributed by atoms with Crippen molar-refractivity contribution >= 4 is 31.9 Å². The Morgan fingerprint density at radius 2 is 2.06 bits per heavy atom. The molecule has 1 heterocycles. The van der Waals surface area contributed by atoms with E-state index in [1.165, 1.54) is 0 Å². The van der Waals surface area contributed by atoms with Crippen LogP contribution < -0.4 is 5.32 Å². The van der Waals surface area contributed by atoms with Crippen molar-refractivity contribution in [2.24, 2.45) is 5.41 Å². The molecule has 0 saturated heterocycles. The van der Waals surface area contributed by atoms with Crippen LogP contribution in [0.3, 0.4) is 0 Å². The van der Waals surface area contributed by atoms with Gasteiger partial charge in [0.05, 0.1) is 11.0 Å². The molecule has 5 heteroatoms. The van der Waals surface area contributed by atoms with Crippen molar-refractivity contribution in [3.63, 3.8) is 0 Å². The molecular weight excluding hydrogens is 350 g/mol. The van der Waals surface area contributed by atoms with Crippen LogP contribution in [-0.2, 0) is 6.54 Å². The third-order valence-corrected chi connectivity index (χ3v) is 4.39. The van der Waals surface area contributed by atoms with E-state index in [0.717, 1.165) is 16.7 Å². The predicted octanol–water partition coefficient (Wildman–Crippen LogP) is 3.69. The summed E-state index contributed by atoms with van der Waals surface area (Å²) in [5.74, 6) is 0.871. The van der Waals surface area contributed by atoms with E-state index >= 15 is 0 Å². The fourth-order valence-electron chi connectivity index (χ4n) is 1.67. The number of aliphatic hydroxyl groups is 1. The number of rotatable bonds is 5. The second-order valence-corrected chi connectivity index (χ2v) is 6.72. The van der Waals surface area contributed by atoms with Gasteiger partial charge in [0.15, 0.2) is 4.67 Å². The van der Waals surface area contributed by atoms with Gasteiger partial charge in [-0.05, 0) is 49.8 Å². The van der Waals surface area contributed by atoms with E-state index in [9.17, 15) is 0 Å². The molecule has 0 aliphatic carbocycles. The number of furan rings is 1. The summed E-state index contributed by atoms with van der Waals surface area (Å²) in [7, 11) is 0. The maximum absolute atomic E-state index is 9.07. The summed E-state index contributed by atoms with van der Waals surface area (Å²) in [4.78, 5) is 0. The van der Waals surface area contributed by atoms with Crippen LogP contribution in [0.2, 0.25) is 0 Å². The fraction of sp³-hybridized carbons (Fsp3) is 0.667. The quantitative estimate of drug-likeness (QED) is 0.832. The third kappa shape index (κ3) is 4.73. The van der Waals surface area contributed by atoms with Crippen LogP contribution in [-0.4, -0.2) is 17.8 Å². The molecule has 3 nitrogen and oxygen atoms in total. The number of nitrogens with one attached hydrogen (secondary N) is 1. The smallest absolute Gasteiger partial charge is 0.183 e. The molecule has 1 unspecified atom stereocenters. The van der Waals surface area contributed by atoms with Gasteiger partial charge in [-0.15, -0.1) is 0 Å². The first-order valence-corrected chi connectivity index (χ1v) is 7.21. The van der Waals surface area contributed by atoms with Gasteiger partial charge in [-0.1, -0.05) is 20.8 Å². The zero-order chi connectivity index (χ0) is 13.1.